The van der Waals surface area contributed by atoms with Crippen LogP contribution >= 0.6 is 34.5 Å². The van der Waals surface area contributed by atoms with Crippen LogP contribution < -0.4 is 5.73 Å². The molecule has 7 heteroatoms. The van der Waals surface area contributed by atoms with E-state index in [1.165, 1.54) is 11.3 Å². The zero-order valence-electron chi connectivity index (χ0n) is 11.1. The Labute approximate surface area is 136 Å². The predicted molar refractivity (Wildman–Crippen MR) is 86.1 cm³/mol. The van der Waals surface area contributed by atoms with E-state index in [-0.39, 0.29) is 11.9 Å². The third-order valence-corrected chi connectivity index (χ3v) is 5.03. The first-order valence-electron chi connectivity index (χ1n) is 6.50. The van der Waals surface area contributed by atoms with Crippen molar-refractivity contribution in [2.24, 2.45) is 5.73 Å². The van der Waals surface area contributed by atoms with Crippen molar-refractivity contribution in [3.8, 4) is 10.6 Å². The average molecular weight is 342 g/mol. The Balaban J connectivity index is 1.82. The van der Waals surface area contributed by atoms with Crippen molar-refractivity contribution in [1.82, 2.24) is 9.88 Å². The highest BCUT2D eigenvalue weighted by molar-refractivity contribution is 7.13. The maximum atomic E-state index is 12.3. The predicted octanol–water partition coefficient (Wildman–Crippen LogP) is 3.29. The number of hydrogen-bond acceptors (Lipinski definition) is 4. The number of nitrogens with zero attached hydrogens (tertiary/aromatic N) is 2. The number of benzene rings is 1. The highest BCUT2D eigenvalue weighted by Gasteiger charge is 2.26. The van der Waals surface area contributed by atoms with Gasteiger partial charge in [-0.2, -0.15) is 0 Å². The molecular formula is C14H13Cl2N3OS. The molecule has 21 heavy (non-hydrogen) atoms. The smallest absolute Gasteiger partial charge is 0.273 e. The van der Waals surface area contributed by atoms with Gasteiger partial charge in [0.05, 0.1) is 10.0 Å². The summed E-state index contributed by atoms with van der Waals surface area (Å²) in [4.78, 5) is 18.5. The minimum Gasteiger partial charge on any atom is -0.336 e. The van der Waals surface area contributed by atoms with E-state index < -0.39 is 0 Å². The second-order valence-electron chi connectivity index (χ2n) is 4.97. The van der Waals surface area contributed by atoms with Gasteiger partial charge in [0.25, 0.3) is 5.91 Å². The summed E-state index contributed by atoms with van der Waals surface area (Å²) < 4.78 is 0. The fourth-order valence-electron chi connectivity index (χ4n) is 2.27. The van der Waals surface area contributed by atoms with E-state index in [0.29, 0.717) is 28.8 Å². The van der Waals surface area contributed by atoms with Crippen LogP contribution in [0.1, 0.15) is 16.9 Å². The summed E-state index contributed by atoms with van der Waals surface area (Å²) in [5.41, 5.74) is 7.14. The van der Waals surface area contributed by atoms with E-state index in [0.717, 1.165) is 17.0 Å². The van der Waals surface area contributed by atoms with Gasteiger partial charge >= 0.3 is 0 Å². The number of carbonyl (C=O) groups is 1. The van der Waals surface area contributed by atoms with Crippen LogP contribution in [0, 0.1) is 0 Å². The molecule has 0 aliphatic carbocycles. The lowest BCUT2D eigenvalue weighted by Gasteiger charge is -2.13. The maximum absolute atomic E-state index is 12.3. The third kappa shape index (κ3) is 3.06. The van der Waals surface area contributed by atoms with Gasteiger partial charge in [0.1, 0.15) is 10.7 Å². The fourth-order valence-corrected chi connectivity index (χ4v) is 3.36. The minimum absolute atomic E-state index is 0.0643. The standard InChI is InChI=1S/C14H13Cl2N3OS/c15-10-2-1-8(5-11(10)16)13-18-12(7-21-13)14(20)19-4-3-9(17)6-19/h1-2,5,7,9H,3-4,6,17H2/t9-/m1/s1. The van der Waals surface area contributed by atoms with Crippen LogP contribution in [-0.2, 0) is 0 Å². The summed E-state index contributed by atoms with van der Waals surface area (Å²) in [5, 5.41) is 3.49. The fraction of sp³-hybridized carbons (Fsp3) is 0.286. The summed E-state index contributed by atoms with van der Waals surface area (Å²) in [5.74, 6) is -0.0643. The lowest BCUT2D eigenvalue weighted by atomic mass is 10.2. The van der Waals surface area contributed by atoms with Crippen molar-refractivity contribution in [2.75, 3.05) is 13.1 Å². The minimum atomic E-state index is -0.0643. The van der Waals surface area contributed by atoms with Crippen LogP contribution in [0.2, 0.25) is 10.0 Å². The molecule has 1 fully saturated rings. The number of carbonyl (C=O) groups excluding carboxylic acids is 1. The highest BCUT2D eigenvalue weighted by Crippen LogP contribution is 2.30. The molecule has 0 saturated carbocycles. The van der Waals surface area contributed by atoms with Crippen LogP contribution in [0.15, 0.2) is 23.6 Å². The van der Waals surface area contributed by atoms with E-state index in [2.05, 4.69) is 4.98 Å². The van der Waals surface area contributed by atoms with Crippen LogP contribution in [0.4, 0.5) is 0 Å². The molecule has 110 valence electrons. The molecule has 0 unspecified atom stereocenters. The van der Waals surface area contributed by atoms with Gasteiger partial charge in [-0.25, -0.2) is 4.98 Å². The molecule has 2 N–H and O–H groups in total. The topological polar surface area (TPSA) is 59.2 Å². The Morgan fingerprint density at radius 1 is 1.38 bits per heavy atom. The molecule has 1 aliphatic rings. The summed E-state index contributed by atoms with van der Waals surface area (Å²) in [6.07, 6.45) is 0.843. The summed E-state index contributed by atoms with van der Waals surface area (Å²) in [7, 11) is 0. The molecule has 1 saturated heterocycles. The van der Waals surface area contributed by atoms with E-state index in [1.807, 2.05) is 6.07 Å². The summed E-state index contributed by atoms with van der Waals surface area (Å²) in [6.45, 7) is 1.29. The van der Waals surface area contributed by atoms with E-state index >= 15 is 0 Å². The molecule has 1 aromatic heterocycles. The Kier molecular flexibility index (Phi) is 4.17. The van der Waals surface area contributed by atoms with Gasteiger partial charge in [-0.1, -0.05) is 29.3 Å². The van der Waals surface area contributed by atoms with Crippen molar-refractivity contribution in [1.29, 1.82) is 0 Å². The molecule has 0 radical (unpaired) electrons. The van der Waals surface area contributed by atoms with Crippen molar-refractivity contribution >= 4 is 40.4 Å². The Bertz CT molecular complexity index is 689. The van der Waals surface area contributed by atoms with Crippen LogP contribution in [-0.4, -0.2) is 34.9 Å². The normalized spacial score (nSPS) is 18.2. The van der Waals surface area contributed by atoms with Crippen molar-refractivity contribution in [3.63, 3.8) is 0 Å². The number of nitrogens with two attached hydrogens (primary N) is 1. The van der Waals surface area contributed by atoms with Gasteiger partial charge in [-0.05, 0) is 18.6 Å². The van der Waals surface area contributed by atoms with Crippen LogP contribution in [0.25, 0.3) is 10.6 Å². The number of thiazole rings is 1. The lowest BCUT2D eigenvalue weighted by Crippen LogP contribution is -2.32. The lowest BCUT2D eigenvalue weighted by molar-refractivity contribution is 0.0786. The highest BCUT2D eigenvalue weighted by atomic mass is 35.5. The molecule has 1 aliphatic heterocycles. The molecule has 1 aromatic carbocycles. The summed E-state index contributed by atoms with van der Waals surface area (Å²) >= 11 is 13.3. The Morgan fingerprint density at radius 3 is 2.86 bits per heavy atom. The molecule has 2 aromatic rings. The third-order valence-electron chi connectivity index (χ3n) is 3.40. The quantitative estimate of drug-likeness (QED) is 0.911. The number of aromatic nitrogens is 1. The van der Waals surface area contributed by atoms with Gasteiger partial charge in [0.2, 0.25) is 0 Å². The number of hydrogen-bond donors (Lipinski definition) is 1. The van der Waals surface area contributed by atoms with Crippen molar-refractivity contribution in [2.45, 2.75) is 12.5 Å². The zero-order chi connectivity index (χ0) is 15.0. The van der Waals surface area contributed by atoms with Crippen LogP contribution in [0.5, 0.6) is 0 Å². The van der Waals surface area contributed by atoms with Gasteiger partial charge in [0.15, 0.2) is 0 Å². The molecule has 0 bridgehead atoms. The van der Waals surface area contributed by atoms with E-state index in [4.69, 9.17) is 28.9 Å². The van der Waals surface area contributed by atoms with Crippen molar-refractivity contribution in [3.05, 3.63) is 39.3 Å². The van der Waals surface area contributed by atoms with E-state index in [1.54, 1.807) is 22.4 Å². The molecule has 1 amide bonds. The average Bonchev–Trinajstić information content (AvgIpc) is 3.10. The zero-order valence-corrected chi connectivity index (χ0v) is 13.4. The summed E-state index contributed by atoms with van der Waals surface area (Å²) in [6, 6.07) is 5.39. The van der Waals surface area contributed by atoms with Gasteiger partial charge < -0.3 is 10.6 Å². The molecule has 4 nitrogen and oxygen atoms in total. The van der Waals surface area contributed by atoms with Gasteiger partial charge in [-0.3, -0.25) is 4.79 Å². The molecular weight excluding hydrogens is 329 g/mol. The first kappa shape index (κ1) is 14.8. The molecule has 3 rings (SSSR count). The number of amides is 1. The Morgan fingerprint density at radius 2 is 2.19 bits per heavy atom. The maximum Gasteiger partial charge on any atom is 0.273 e. The molecule has 1 atom stereocenters. The van der Waals surface area contributed by atoms with E-state index in [9.17, 15) is 4.79 Å². The largest absolute Gasteiger partial charge is 0.336 e. The van der Waals surface area contributed by atoms with Gasteiger partial charge in [0, 0.05) is 30.1 Å². The number of halogens is 2. The van der Waals surface area contributed by atoms with Crippen LogP contribution in [0.3, 0.4) is 0 Å². The second-order valence-corrected chi connectivity index (χ2v) is 6.64. The number of rotatable bonds is 2. The first-order valence-corrected chi connectivity index (χ1v) is 8.14. The monoisotopic (exact) mass is 341 g/mol. The molecule has 0 spiro atoms. The second kappa shape index (κ2) is 5.93. The SMILES string of the molecule is N[C@@H]1CCN(C(=O)c2csc(-c3ccc(Cl)c(Cl)c3)n2)C1. The first-order chi connectivity index (χ1) is 10.0. The number of likely N-dealkylation sites (tertiary alicyclic amines) is 1. The Hall–Kier alpha value is -1.14. The van der Waals surface area contributed by atoms with Crippen molar-refractivity contribution < 1.29 is 4.79 Å². The van der Waals surface area contributed by atoms with Gasteiger partial charge in [-0.15, -0.1) is 11.3 Å². The molecule has 2 heterocycles.